The number of piperidine rings is 1. The van der Waals surface area contributed by atoms with Crippen LogP contribution in [-0.4, -0.2) is 59.9 Å². The van der Waals surface area contributed by atoms with Crippen molar-refractivity contribution in [1.29, 1.82) is 0 Å². The Morgan fingerprint density at radius 3 is 2.43 bits per heavy atom. The van der Waals surface area contributed by atoms with Gasteiger partial charge in [0.1, 0.15) is 5.60 Å². The van der Waals surface area contributed by atoms with Crippen molar-refractivity contribution in [2.24, 2.45) is 0 Å². The van der Waals surface area contributed by atoms with E-state index in [0.29, 0.717) is 25.0 Å². The maximum absolute atomic E-state index is 12.3. The number of amides is 1. The topological polar surface area (TPSA) is 48.0 Å². The van der Waals surface area contributed by atoms with E-state index in [1.165, 1.54) is 0 Å². The van der Waals surface area contributed by atoms with Crippen LogP contribution in [0.4, 0.5) is 4.79 Å². The molecule has 0 aromatic rings. The summed E-state index contributed by atoms with van der Waals surface area (Å²) in [6.07, 6.45) is 2.43. The Balaban J connectivity index is 2.73. The van der Waals surface area contributed by atoms with Gasteiger partial charge in [0, 0.05) is 19.0 Å². The quantitative estimate of drug-likeness (QED) is 0.640. The fourth-order valence-electron chi connectivity index (χ4n) is 2.46. The zero-order chi connectivity index (χ0) is 17.7. The van der Waals surface area contributed by atoms with Gasteiger partial charge in [-0.1, -0.05) is 22.9 Å². The van der Waals surface area contributed by atoms with Crippen LogP contribution < -0.4 is 0 Å². The van der Waals surface area contributed by atoms with Crippen LogP contribution in [0, 0.1) is 0 Å². The maximum Gasteiger partial charge on any atom is 0.410 e. The number of hydrogen-bond donors (Lipinski definition) is 0. The molecule has 1 aliphatic rings. The van der Waals surface area contributed by atoms with E-state index >= 15 is 0 Å². The number of alkyl halides is 1. The van der Waals surface area contributed by atoms with Crippen LogP contribution in [0.2, 0.25) is 0 Å². The Kier molecular flexibility index (Phi) is 7.36. The molecule has 1 saturated heterocycles. The largest absolute Gasteiger partial charge is 0.444 e. The van der Waals surface area contributed by atoms with Crippen molar-refractivity contribution < 1.29 is 19.0 Å². The van der Waals surface area contributed by atoms with Crippen molar-refractivity contribution in [2.75, 3.05) is 32.1 Å². The second-order valence-corrected chi connectivity index (χ2v) is 8.18. The van der Waals surface area contributed by atoms with Crippen molar-refractivity contribution in [2.45, 2.75) is 70.7 Å². The molecule has 1 heterocycles. The summed E-state index contributed by atoms with van der Waals surface area (Å²) in [4.78, 5) is 14.1. The third-order valence-electron chi connectivity index (χ3n) is 4.36. The second kappa shape index (κ2) is 8.17. The summed E-state index contributed by atoms with van der Waals surface area (Å²) in [7, 11) is 1.71. The normalized spacial score (nSPS) is 25.1. The van der Waals surface area contributed by atoms with Crippen LogP contribution in [0.5, 0.6) is 0 Å². The predicted octanol–water partition coefficient (Wildman–Crippen LogP) is 3.98. The number of likely N-dealkylation sites (tertiary alicyclic amines) is 1. The van der Waals surface area contributed by atoms with E-state index in [-0.39, 0.29) is 17.3 Å². The zero-order valence-electron chi connectivity index (χ0n) is 15.4. The molecule has 0 spiro atoms. The molecule has 0 aliphatic carbocycles. The van der Waals surface area contributed by atoms with Crippen LogP contribution in [-0.2, 0) is 14.2 Å². The van der Waals surface area contributed by atoms with Crippen LogP contribution in [0.1, 0.15) is 53.9 Å². The number of hydrogen-bond acceptors (Lipinski definition) is 4. The SMILES string of the molecule is CCC(C)(COC1(CBr)CCCN(C(=O)OC(C)(C)C)C1)OC. The molecule has 0 saturated carbocycles. The van der Waals surface area contributed by atoms with Crippen molar-refractivity contribution in [1.82, 2.24) is 4.90 Å². The summed E-state index contributed by atoms with van der Waals surface area (Å²) in [5, 5.41) is 0.683. The lowest BCUT2D eigenvalue weighted by atomic mass is 9.94. The van der Waals surface area contributed by atoms with E-state index < -0.39 is 5.60 Å². The molecule has 1 rings (SSSR count). The van der Waals surface area contributed by atoms with Gasteiger partial charge in [0.25, 0.3) is 0 Å². The number of carbonyl (C=O) groups is 1. The van der Waals surface area contributed by atoms with Crippen LogP contribution in [0.15, 0.2) is 0 Å². The average molecular weight is 394 g/mol. The molecule has 0 bridgehead atoms. The predicted molar refractivity (Wildman–Crippen MR) is 95.2 cm³/mol. The number of rotatable bonds is 6. The van der Waals surface area contributed by atoms with Crippen LogP contribution >= 0.6 is 15.9 Å². The van der Waals surface area contributed by atoms with Gasteiger partial charge in [-0.25, -0.2) is 4.79 Å². The highest BCUT2D eigenvalue weighted by Crippen LogP contribution is 2.30. The standard InChI is InChI=1S/C17H32BrNO4/c1-7-16(5,21-6)13-22-17(11-18)9-8-10-19(12-17)14(20)23-15(2,3)4/h7-13H2,1-6H3. The van der Waals surface area contributed by atoms with Crippen LogP contribution in [0.3, 0.4) is 0 Å². The molecule has 5 nitrogen and oxygen atoms in total. The monoisotopic (exact) mass is 393 g/mol. The van der Waals surface area contributed by atoms with Gasteiger partial charge in [-0.05, 0) is 47.0 Å². The molecule has 2 atom stereocenters. The molecule has 23 heavy (non-hydrogen) atoms. The lowest BCUT2D eigenvalue weighted by Crippen LogP contribution is -2.55. The van der Waals surface area contributed by atoms with Crippen LogP contribution in [0.25, 0.3) is 0 Å². The molecule has 2 unspecified atom stereocenters. The summed E-state index contributed by atoms with van der Waals surface area (Å²) >= 11 is 3.57. The first-order valence-electron chi connectivity index (χ1n) is 8.32. The molecule has 0 aromatic heterocycles. The van der Waals surface area contributed by atoms with Crippen molar-refractivity contribution in [3.63, 3.8) is 0 Å². The summed E-state index contributed by atoms with van der Waals surface area (Å²) in [6.45, 7) is 11.5. The van der Waals surface area contributed by atoms with Gasteiger partial charge in [-0.2, -0.15) is 0 Å². The third-order valence-corrected chi connectivity index (χ3v) is 5.38. The maximum atomic E-state index is 12.3. The molecule has 6 heteroatoms. The van der Waals surface area contributed by atoms with Crippen molar-refractivity contribution >= 4 is 22.0 Å². The summed E-state index contributed by atoms with van der Waals surface area (Å²) in [6, 6.07) is 0. The molecule has 0 N–H and O–H groups in total. The van der Waals surface area contributed by atoms with Gasteiger partial charge in [0.05, 0.1) is 24.4 Å². The van der Waals surface area contributed by atoms with Crippen molar-refractivity contribution in [3.05, 3.63) is 0 Å². The molecule has 136 valence electrons. The smallest absolute Gasteiger partial charge is 0.410 e. The van der Waals surface area contributed by atoms with Gasteiger partial charge in [0.15, 0.2) is 0 Å². The number of halogens is 1. The first-order valence-corrected chi connectivity index (χ1v) is 9.44. The summed E-state index contributed by atoms with van der Waals surface area (Å²) in [5.41, 5.74) is -1.17. The Labute approximate surface area is 149 Å². The molecule has 0 radical (unpaired) electrons. The minimum absolute atomic E-state index is 0.267. The fourth-order valence-corrected chi connectivity index (χ4v) is 3.08. The molecule has 1 fully saturated rings. The zero-order valence-corrected chi connectivity index (χ0v) is 17.0. The highest BCUT2D eigenvalue weighted by Gasteiger charge is 2.40. The Morgan fingerprint density at radius 2 is 1.96 bits per heavy atom. The van der Waals surface area contributed by atoms with Gasteiger partial charge >= 0.3 is 6.09 Å². The number of ether oxygens (including phenoxy) is 3. The minimum atomic E-state index is -0.483. The fraction of sp³-hybridized carbons (Fsp3) is 0.941. The first kappa shape index (κ1) is 20.7. The average Bonchev–Trinajstić information content (AvgIpc) is 2.51. The first-order chi connectivity index (χ1) is 10.6. The van der Waals surface area contributed by atoms with E-state index in [1.54, 1.807) is 12.0 Å². The lowest BCUT2D eigenvalue weighted by molar-refractivity contribution is -0.137. The van der Waals surface area contributed by atoms with E-state index in [9.17, 15) is 4.79 Å². The van der Waals surface area contributed by atoms with Gasteiger partial charge in [-0.15, -0.1) is 0 Å². The van der Waals surface area contributed by atoms with E-state index in [2.05, 4.69) is 22.9 Å². The lowest BCUT2D eigenvalue weighted by Gasteiger charge is -2.43. The molecule has 0 aromatic carbocycles. The second-order valence-electron chi connectivity index (χ2n) is 7.62. The van der Waals surface area contributed by atoms with Gasteiger partial charge in [0.2, 0.25) is 0 Å². The van der Waals surface area contributed by atoms with Gasteiger partial charge in [-0.3, -0.25) is 0 Å². The minimum Gasteiger partial charge on any atom is -0.444 e. The Hall–Kier alpha value is -0.330. The Morgan fingerprint density at radius 1 is 1.30 bits per heavy atom. The summed E-state index contributed by atoms with van der Waals surface area (Å²) < 4.78 is 17.3. The van der Waals surface area contributed by atoms with Crippen molar-refractivity contribution in [3.8, 4) is 0 Å². The highest BCUT2D eigenvalue weighted by molar-refractivity contribution is 9.09. The molecule has 1 amide bonds. The highest BCUT2D eigenvalue weighted by atomic mass is 79.9. The molecule has 1 aliphatic heterocycles. The van der Waals surface area contributed by atoms with E-state index in [0.717, 1.165) is 19.3 Å². The number of carbonyl (C=O) groups excluding carboxylic acids is 1. The third kappa shape index (κ3) is 6.24. The number of methoxy groups -OCH3 is 1. The van der Waals surface area contributed by atoms with E-state index in [1.807, 2.05) is 27.7 Å². The summed E-state index contributed by atoms with van der Waals surface area (Å²) in [5.74, 6) is 0. The Bertz CT molecular complexity index is 393. The molecular weight excluding hydrogens is 362 g/mol. The van der Waals surface area contributed by atoms with E-state index in [4.69, 9.17) is 14.2 Å². The van der Waals surface area contributed by atoms with Gasteiger partial charge < -0.3 is 19.1 Å². The number of nitrogens with zero attached hydrogens (tertiary/aromatic N) is 1. The molecular formula is C17H32BrNO4.